The van der Waals surface area contributed by atoms with Gasteiger partial charge in [-0.25, -0.2) is 4.98 Å². The summed E-state index contributed by atoms with van der Waals surface area (Å²) in [6, 6.07) is 8.45. The SMILES string of the molecule is CCc1[nH]c(Cc2cccc(C)c2)nc(=S)c1Br. The largest absolute Gasteiger partial charge is 0.346 e. The van der Waals surface area contributed by atoms with E-state index in [1.165, 1.54) is 11.1 Å². The molecule has 94 valence electrons. The van der Waals surface area contributed by atoms with Crippen molar-refractivity contribution >= 4 is 28.1 Å². The van der Waals surface area contributed by atoms with E-state index in [0.29, 0.717) is 4.64 Å². The van der Waals surface area contributed by atoms with E-state index in [1.807, 2.05) is 0 Å². The Morgan fingerprint density at radius 2 is 2.17 bits per heavy atom. The maximum Gasteiger partial charge on any atom is 0.144 e. The molecule has 2 nitrogen and oxygen atoms in total. The average Bonchev–Trinajstić information content (AvgIpc) is 2.33. The zero-order valence-corrected chi connectivity index (χ0v) is 12.9. The number of nitrogens with one attached hydrogen (secondary N) is 1. The number of aryl methyl sites for hydroxylation is 2. The number of rotatable bonds is 3. The number of aromatic amines is 1. The smallest absolute Gasteiger partial charge is 0.144 e. The van der Waals surface area contributed by atoms with E-state index in [9.17, 15) is 0 Å². The summed E-state index contributed by atoms with van der Waals surface area (Å²) in [5, 5.41) is 0. The van der Waals surface area contributed by atoms with Gasteiger partial charge in [0.05, 0.1) is 4.47 Å². The normalized spacial score (nSPS) is 10.6. The quantitative estimate of drug-likeness (QED) is 0.850. The molecule has 0 saturated heterocycles. The van der Waals surface area contributed by atoms with Crippen LogP contribution in [0.2, 0.25) is 0 Å². The fourth-order valence-corrected chi connectivity index (χ4v) is 2.60. The third kappa shape index (κ3) is 3.06. The van der Waals surface area contributed by atoms with Crippen molar-refractivity contribution in [2.75, 3.05) is 0 Å². The molecule has 0 radical (unpaired) electrons. The van der Waals surface area contributed by atoms with Crippen LogP contribution in [0.15, 0.2) is 28.7 Å². The van der Waals surface area contributed by atoms with Crippen LogP contribution in [0.4, 0.5) is 0 Å². The molecule has 1 aromatic carbocycles. The van der Waals surface area contributed by atoms with Crippen LogP contribution in [0.3, 0.4) is 0 Å². The molecule has 0 aliphatic heterocycles. The number of nitrogens with zero attached hydrogens (tertiary/aromatic N) is 1. The minimum absolute atomic E-state index is 0.633. The second-order valence-corrected chi connectivity index (χ2v) is 5.48. The summed E-state index contributed by atoms with van der Waals surface area (Å²) in [6.07, 6.45) is 1.69. The Kier molecular flexibility index (Phi) is 4.30. The summed E-state index contributed by atoms with van der Waals surface area (Å²) in [6.45, 7) is 4.19. The molecule has 2 rings (SSSR count). The van der Waals surface area contributed by atoms with Crippen LogP contribution in [0, 0.1) is 11.6 Å². The number of hydrogen-bond donors (Lipinski definition) is 1. The van der Waals surface area contributed by atoms with Crippen LogP contribution in [0.1, 0.15) is 29.6 Å². The van der Waals surface area contributed by atoms with Gasteiger partial charge in [-0.05, 0) is 34.8 Å². The Morgan fingerprint density at radius 3 is 2.83 bits per heavy atom. The minimum Gasteiger partial charge on any atom is -0.346 e. The third-order valence-corrected chi connectivity index (χ3v) is 4.20. The predicted molar refractivity (Wildman–Crippen MR) is 80.5 cm³/mol. The Labute approximate surface area is 121 Å². The summed E-state index contributed by atoms with van der Waals surface area (Å²) >= 11 is 8.73. The molecule has 4 heteroatoms. The van der Waals surface area contributed by atoms with E-state index in [-0.39, 0.29) is 0 Å². The van der Waals surface area contributed by atoms with E-state index in [0.717, 1.165) is 28.8 Å². The van der Waals surface area contributed by atoms with Crippen molar-refractivity contribution in [3.63, 3.8) is 0 Å². The van der Waals surface area contributed by atoms with Gasteiger partial charge >= 0.3 is 0 Å². The van der Waals surface area contributed by atoms with E-state index in [2.05, 4.69) is 64.0 Å². The lowest BCUT2D eigenvalue weighted by Crippen LogP contribution is -2.02. The summed E-state index contributed by atoms with van der Waals surface area (Å²) in [7, 11) is 0. The lowest BCUT2D eigenvalue weighted by Gasteiger charge is -2.07. The number of aromatic nitrogens is 2. The Bertz CT molecular complexity index is 619. The first-order valence-electron chi connectivity index (χ1n) is 5.93. The molecule has 0 saturated carbocycles. The topological polar surface area (TPSA) is 28.7 Å². The zero-order chi connectivity index (χ0) is 13.1. The molecular formula is C14H15BrN2S. The highest BCUT2D eigenvalue weighted by atomic mass is 79.9. The first kappa shape index (κ1) is 13.4. The van der Waals surface area contributed by atoms with Crippen molar-refractivity contribution in [1.29, 1.82) is 0 Å². The molecule has 1 heterocycles. The fraction of sp³-hybridized carbons (Fsp3) is 0.286. The van der Waals surface area contributed by atoms with Crippen LogP contribution in [0.25, 0.3) is 0 Å². The first-order chi connectivity index (χ1) is 8.60. The molecule has 0 unspecified atom stereocenters. The molecule has 1 N–H and O–H groups in total. The van der Waals surface area contributed by atoms with E-state index in [4.69, 9.17) is 12.2 Å². The Balaban J connectivity index is 2.35. The predicted octanol–water partition coefficient (Wildman–Crippen LogP) is 4.36. The monoisotopic (exact) mass is 322 g/mol. The molecule has 0 aliphatic rings. The molecule has 0 fully saturated rings. The van der Waals surface area contributed by atoms with Gasteiger partial charge in [-0.15, -0.1) is 0 Å². The second-order valence-electron chi connectivity index (χ2n) is 4.30. The van der Waals surface area contributed by atoms with Gasteiger partial charge in [0.1, 0.15) is 10.5 Å². The van der Waals surface area contributed by atoms with Gasteiger partial charge in [0.25, 0.3) is 0 Å². The molecular weight excluding hydrogens is 308 g/mol. The molecule has 0 aliphatic carbocycles. The Hall–Kier alpha value is -1.00. The molecule has 0 amide bonds. The van der Waals surface area contributed by atoms with Gasteiger partial charge < -0.3 is 4.98 Å². The van der Waals surface area contributed by atoms with E-state index >= 15 is 0 Å². The highest BCUT2D eigenvalue weighted by molar-refractivity contribution is 9.10. The van der Waals surface area contributed by atoms with Crippen LogP contribution in [-0.2, 0) is 12.8 Å². The van der Waals surface area contributed by atoms with Crippen LogP contribution >= 0.6 is 28.1 Å². The summed E-state index contributed by atoms with van der Waals surface area (Å²) in [4.78, 5) is 7.77. The van der Waals surface area contributed by atoms with Crippen molar-refractivity contribution < 1.29 is 0 Å². The number of H-pyrrole nitrogens is 1. The van der Waals surface area contributed by atoms with E-state index < -0.39 is 0 Å². The molecule has 18 heavy (non-hydrogen) atoms. The third-order valence-electron chi connectivity index (χ3n) is 2.79. The van der Waals surface area contributed by atoms with Crippen molar-refractivity contribution in [3.8, 4) is 0 Å². The van der Waals surface area contributed by atoms with Crippen LogP contribution < -0.4 is 0 Å². The molecule has 0 spiro atoms. The highest BCUT2D eigenvalue weighted by Crippen LogP contribution is 2.17. The number of benzene rings is 1. The second kappa shape index (κ2) is 5.76. The average molecular weight is 323 g/mol. The summed E-state index contributed by atoms with van der Waals surface area (Å²) < 4.78 is 1.54. The van der Waals surface area contributed by atoms with Crippen LogP contribution in [-0.4, -0.2) is 9.97 Å². The molecule has 0 bridgehead atoms. The van der Waals surface area contributed by atoms with Crippen molar-refractivity contribution in [2.24, 2.45) is 0 Å². The van der Waals surface area contributed by atoms with Gasteiger partial charge in [0.15, 0.2) is 0 Å². The summed E-state index contributed by atoms with van der Waals surface area (Å²) in [5.74, 6) is 0.922. The number of hydrogen-bond acceptors (Lipinski definition) is 2. The minimum atomic E-state index is 0.633. The van der Waals surface area contributed by atoms with E-state index in [1.54, 1.807) is 0 Å². The Morgan fingerprint density at radius 1 is 1.39 bits per heavy atom. The molecule has 0 atom stereocenters. The van der Waals surface area contributed by atoms with Crippen molar-refractivity contribution in [1.82, 2.24) is 9.97 Å². The lowest BCUT2D eigenvalue weighted by molar-refractivity contribution is 0.888. The zero-order valence-electron chi connectivity index (χ0n) is 10.5. The maximum absolute atomic E-state index is 5.26. The van der Waals surface area contributed by atoms with Gasteiger partial charge in [0.2, 0.25) is 0 Å². The lowest BCUT2D eigenvalue weighted by atomic mass is 10.1. The fourth-order valence-electron chi connectivity index (χ4n) is 1.90. The standard InChI is InChI=1S/C14H15BrN2S/c1-3-11-13(15)14(18)17-12(16-11)8-10-6-4-5-9(2)7-10/h4-7H,3,8H2,1-2H3,(H,16,17,18). The van der Waals surface area contributed by atoms with Gasteiger partial charge in [0, 0.05) is 12.1 Å². The van der Waals surface area contributed by atoms with Gasteiger partial charge in [-0.3, -0.25) is 0 Å². The molecule has 1 aromatic heterocycles. The van der Waals surface area contributed by atoms with Gasteiger partial charge in [-0.1, -0.05) is 49.0 Å². The van der Waals surface area contributed by atoms with Gasteiger partial charge in [-0.2, -0.15) is 0 Å². The van der Waals surface area contributed by atoms with Crippen LogP contribution in [0.5, 0.6) is 0 Å². The highest BCUT2D eigenvalue weighted by Gasteiger charge is 2.05. The van der Waals surface area contributed by atoms with Crippen molar-refractivity contribution in [2.45, 2.75) is 26.7 Å². The molecule has 2 aromatic rings. The first-order valence-corrected chi connectivity index (χ1v) is 7.13. The maximum atomic E-state index is 5.26. The van der Waals surface area contributed by atoms with Crippen molar-refractivity contribution in [3.05, 3.63) is 56.0 Å². The summed E-state index contributed by atoms with van der Waals surface area (Å²) in [5.41, 5.74) is 3.62. The number of halogens is 1.